The van der Waals surface area contributed by atoms with Crippen LogP contribution in [0.5, 0.6) is 5.75 Å². The highest BCUT2D eigenvalue weighted by atomic mass is 35.5. The normalized spacial score (nSPS) is 11.6. The number of alkyl halides is 3. The molecule has 194 valence electrons. The number of ether oxygens (including phenoxy) is 2. The van der Waals surface area contributed by atoms with Crippen LogP contribution in [0.4, 0.5) is 18.9 Å². The van der Waals surface area contributed by atoms with E-state index in [0.29, 0.717) is 23.0 Å². The van der Waals surface area contributed by atoms with Gasteiger partial charge in [0, 0.05) is 40.8 Å². The van der Waals surface area contributed by atoms with Crippen LogP contribution in [0.2, 0.25) is 5.15 Å². The van der Waals surface area contributed by atoms with Crippen LogP contribution in [0, 0.1) is 0 Å². The zero-order valence-corrected chi connectivity index (χ0v) is 21.7. The average molecular weight is 543 g/mol. The topological polar surface area (TPSA) is 69.2 Å². The van der Waals surface area contributed by atoms with E-state index in [1.54, 1.807) is 19.3 Å². The van der Waals surface area contributed by atoms with Crippen molar-refractivity contribution in [2.45, 2.75) is 46.5 Å². The molecular weight excluding hydrogens is 516 g/mol. The SMILES string of the molecule is CC(C)Oc1ccc(-c2ncc(CNc3cc(Cl)nc(C(F)(F)F)c3)cn2)cc1.CCO/C=C(/C)Cl. The van der Waals surface area contributed by atoms with Crippen LogP contribution >= 0.6 is 23.2 Å². The summed E-state index contributed by atoms with van der Waals surface area (Å²) in [5.74, 6) is 1.30. The Labute approximate surface area is 218 Å². The number of anilines is 1. The number of benzene rings is 1. The Morgan fingerprint density at radius 2 is 1.75 bits per heavy atom. The monoisotopic (exact) mass is 542 g/mol. The summed E-state index contributed by atoms with van der Waals surface area (Å²) in [6, 6.07) is 9.65. The van der Waals surface area contributed by atoms with Gasteiger partial charge >= 0.3 is 6.18 Å². The summed E-state index contributed by atoms with van der Waals surface area (Å²) >= 11 is 11.1. The summed E-state index contributed by atoms with van der Waals surface area (Å²) < 4.78 is 48.9. The maximum Gasteiger partial charge on any atom is 0.433 e. The third kappa shape index (κ3) is 10.3. The number of aromatic nitrogens is 3. The predicted octanol–water partition coefficient (Wildman–Crippen LogP) is 7.73. The standard InChI is InChI=1S/C20H18ClF3N4O.C5H9ClO/c1-12(2)29-16-5-3-14(4-6-16)19-26-10-13(11-27-19)9-25-15-7-17(20(22,23)24)28-18(21)8-15;1-3-7-4-5(2)6/h3-8,10-12H,9H2,1-2H3,(H,25,28);4H,3H2,1-2H3/b;5-4-. The molecular formula is C25H27Cl2F3N4O2. The van der Waals surface area contributed by atoms with E-state index in [1.165, 1.54) is 12.3 Å². The molecule has 0 saturated carbocycles. The average Bonchev–Trinajstić information content (AvgIpc) is 2.81. The first-order valence-electron chi connectivity index (χ1n) is 11.0. The third-order valence-electron chi connectivity index (χ3n) is 4.18. The van der Waals surface area contributed by atoms with Gasteiger partial charge in [-0.05, 0) is 64.1 Å². The highest BCUT2D eigenvalue weighted by Gasteiger charge is 2.33. The molecule has 1 aromatic carbocycles. The molecule has 0 amide bonds. The van der Waals surface area contributed by atoms with Crippen LogP contribution in [0.1, 0.15) is 39.0 Å². The van der Waals surface area contributed by atoms with E-state index in [-0.39, 0.29) is 23.5 Å². The number of pyridine rings is 1. The highest BCUT2D eigenvalue weighted by Crippen LogP contribution is 2.31. The third-order valence-corrected chi connectivity index (χ3v) is 4.47. The lowest BCUT2D eigenvalue weighted by Crippen LogP contribution is -2.09. The number of allylic oxidation sites excluding steroid dienone is 1. The fourth-order valence-corrected chi connectivity index (χ4v) is 2.97. The van der Waals surface area contributed by atoms with Crippen molar-refractivity contribution in [3.8, 4) is 17.1 Å². The molecule has 0 unspecified atom stereocenters. The summed E-state index contributed by atoms with van der Waals surface area (Å²) in [6.07, 6.45) is 0.276. The van der Waals surface area contributed by atoms with Crippen molar-refractivity contribution in [1.29, 1.82) is 0 Å². The van der Waals surface area contributed by atoms with E-state index in [0.717, 1.165) is 17.4 Å². The summed E-state index contributed by atoms with van der Waals surface area (Å²) in [5, 5.41) is 3.32. The van der Waals surface area contributed by atoms with E-state index in [9.17, 15) is 13.2 Å². The van der Waals surface area contributed by atoms with E-state index in [1.807, 2.05) is 45.0 Å². The summed E-state index contributed by atoms with van der Waals surface area (Å²) in [7, 11) is 0. The van der Waals surface area contributed by atoms with Crippen molar-refractivity contribution in [1.82, 2.24) is 15.0 Å². The molecule has 0 aliphatic rings. The van der Waals surface area contributed by atoms with Crippen molar-refractivity contribution in [3.63, 3.8) is 0 Å². The number of halogens is 5. The van der Waals surface area contributed by atoms with E-state index in [4.69, 9.17) is 32.7 Å². The molecule has 6 nitrogen and oxygen atoms in total. The lowest BCUT2D eigenvalue weighted by Gasteiger charge is -2.11. The second-order valence-electron chi connectivity index (χ2n) is 7.68. The van der Waals surface area contributed by atoms with Crippen LogP contribution in [-0.2, 0) is 17.5 Å². The number of nitrogens with one attached hydrogen (secondary N) is 1. The number of rotatable bonds is 8. The number of nitrogens with zero attached hydrogens (tertiary/aromatic N) is 3. The molecule has 1 N–H and O–H groups in total. The molecule has 0 aliphatic heterocycles. The molecule has 0 fully saturated rings. The minimum absolute atomic E-state index is 0.0892. The van der Waals surface area contributed by atoms with Gasteiger partial charge in [0.25, 0.3) is 0 Å². The zero-order valence-electron chi connectivity index (χ0n) is 20.2. The highest BCUT2D eigenvalue weighted by molar-refractivity contribution is 6.29. The van der Waals surface area contributed by atoms with Gasteiger partial charge in [0.1, 0.15) is 16.6 Å². The first-order chi connectivity index (χ1) is 17.0. The fraction of sp³-hybridized carbons (Fsp3) is 0.320. The van der Waals surface area contributed by atoms with Gasteiger partial charge in [0.05, 0.1) is 19.0 Å². The van der Waals surface area contributed by atoms with Crippen LogP contribution in [-0.4, -0.2) is 27.7 Å². The zero-order chi connectivity index (χ0) is 26.7. The predicted molar refractivity (Wildman–Crippen MR) is 136 cm³/mol. The molecule has 36 heavy (non-hydrogen) atoms. The first kappa shape index (κ1) is 29.2. The largest absolute Gasteiger partial charge is 0.500 e. The van der Waals surface area contributed by atoms with E-state index >= 15 is 0 Å². The molecule has 3 aromatic rings. The van der Waals surface area contributed by atoms with Gasteiger partial charge in [0.2, 0.25) is 0 Å². The lowest BCUT2D eigenvalue weighted by molar-refractivity contribution is -0.141. The van der Waals surface area contributed by atoms with E-state index in [2.05, 4.69) is 20.3 Å². The van der Waals surface area contributed by atoms with Gasteiger partial charge in [-0.2, -0.15) is 13.2 Å². The lowest BCUT2D eigenvalue weighted by atomic mass is 10.2. The van der Waals surface area contributed by atoms with Crippen molar-refractivity contribution >= 4 is 28.9 Å². The van der Waals surface area contributed by atoms with Crippen LogP contribution < -0.4 is 10.1 Å². The van der Waals surface area contributed by atoms with Gasteiger partial charge in [-0.1, -0.05) is 23.2 Å². The van der Waals surface area contributed by atoms with Gasteiger partial charge in [0.15, 0.2) is 5.82 Å². The molecule has 0 aliphatic carbocycles. The Kier molecular flexibility index (Phi) is 11.3. The molecule has 2 heterocycles. The quantitative estimate of drug-likeness (QED) is 0.232. The van der Waals surface area contributed by atoms with Gasteiger partial charge < -0.3 is 14.8 Å². The van der Waals surface area contributed by atoms with Crippen molar-refractivity contribution in [2.75, 3.05) is 11.9 Å². The van der Waals surface area contributed by atoms with E-state index < -0.39 is 11.9 Å². The van der Waals surface area contributed by atoms with Gasteiger partial charge in [-0.25, -0.2) is 15.0 Å². The Balaban J connectivity index is 0.000000572. The summed E-state index contributed by atoms with van der Waals surface area (Å²) in [4.78, 5) is 11.9. The van der Waals surface area contributed by atoms with Crippen LogP contribution in [0.3, 0.4) is 0 Å². The second kappa shape index (κ2) is 13.9. The van der Waals surface area contributed by atoms with Crippen molar-refractivity contribution in [3.05, 3.63) is 76.5 Å². The minimum Gasteiger partial charge on any atom is -0.500 e. The minimum atomic E-state index is -4.57. The first-order valence-corrected chi connectivity index (χ1v) is 11.7. The van der Waals surface area contributed by atoms with Gasteiger partial charge in [-0.15, -0.1) is 0 Å². The maximum atomic E-state index is 12.8. The molecule has 0 spiro atoms. The Morgan fingerprint density at radius 1 is 1.11 bits per heavy atom. The fourth-order valence-electron chi connectivity index (χ4n) is 2.70. The summed E-state index contributed by atoms with van der Waals surface area (Å²) in [5.41, 5.74) is 0.692. The van der Waals surface area contributed by atoms with Crippen molar-refractivity contribution < 1.29 is 22.6 Å². The molecule has 0 bridgehead atoms. The molecule has 11 heteroatoms. The molecule has 0 atom stereocenters. The van der Waals surface area contributed by atoms with Gasteiger partial charge in [-0.3, -0.25) is 0 Å². The molecule has 2 aromatic heterocycles. The number of hydrogen-bond donors (Lipinski definition) is 1. The van der Waals surface area contributed by atoms with Crippen LogP contribution in [0.25, 0.3) is 11.4 Å². The Morgan fingerprint density at radius 3 is 2.25 bits per heavy atom. The second-order valence-corrected chi connectivity index (χ2v) is 8.66. The molecule has 0 radical (unpaired) electrons. The summed E-state index contributed by atoms with van der Waals surface area (Å²) in [6.45, 7) is 8.51. The Hall–Kier alpha value is -3.04. The molecule has 3 rings (SSSR count). The Bertz CT molecular complexity index is 1120. The molecule has 0 saturated heterocycles. The smallest absolute Gasteiger partial charge is 0.433 e. The van der Waals surface area contributed by atoms with Crippen molar-refractivity contribution in [2.24, 2.45) is 0 Å². The number of hydrogen-bond acceptors (Lipinski definition) is 6. The van der Waals surface area contributed by atoms with Crippen LogP contribution in [0.15, 0.2) is 60.1 Å². The maximum absolute atomic E-state index is 12.8.